The lowest BCUT2D eigenvalue weighted by atomic mass is 10.3. The maximum atomic E-state index is 12.4. The molecule has 0 saturated carbocycles. The Morgan fingerprint density at radius 2 is 2.21 bits per heavy atom. The van der Waals surface area contributed by atoms with Crippen molar-refractivity contribution in [3.8, 4) is 0 Å². The zero-order chi connectivity index (χ0) is 13.7. The number of ether oxygens (including phenoxy) is 1. The molecule has 1 aliphatic heterocycles. The molecule has 5 nitrogen and oxygen atoms in total. The highest BCUT2D eigenvalue weighted by molar-refractivity contribution is 5.92. The molecule has 2 rings (SSSR count). The second-order valence-electron chi connectivity index (χ2n) is 4.97. The van der Waals surface area contributed by atoms with E-state index in [9.17, 15) is 4.79 Å². The number of hydrogen-bond acceptors (Lipinski definition) is 4. The molecule has 1 aliphatic rings. The molecule has 1 aromatic rings. The van der Waals surface area contributed by atoms with E-state index in [0.717, 1.165) is 25.4 Å². The normalized spacial score (nSPS) is 16.3. The Bertz CT molecular complexity index is 426. The standard InChI is InChI=1S/C14H21N3O2/c1-11(2)15-13-6-3-5-12(16-13)14(18)17-7-4-9-19-10-8-17/h3,5-6,11H,4,7-10H2,1-2H3,(H,15,16). The number of amides is 1. The number of aromatic nitrogens is 1. The van der Waals surface area contributed by atoms with E-state index < -0.39 is 0 Å². The first-order valence-electron chi connectivity index (χ1n) is 6.77. The van der Waals surface area contributed by atoms with Gasteiger partial charge in [0.1, 0.15) is 11.5 Å². The number of carbonyl (C=O) groups is 1. The van der Waals surface area contributed by atoms with Gasteiger partial charge >= 0.3 is 0 Å². The highest BCUT2D eigenvalue weighted by Crippen LogP contribution is 2.10. The fraction of sp³-hybridized carbons (Fsp3) is 0.571. The summed E-state index contributed by atoms with van der Waals surface area (Å²) in [6.45, 7) is 6.80. The van der Waals surface area contributed by atoms with Gasteiger partial charge in [0.2, 0.25) is 0 Å². The van der Waals surface area contributed by atoms with Crippen LogP contribution >= 0.6 is 0 Å². The van der Waals surface area contributed by atoms with Gasteiger partial charge in [-0.3, -0.25) is 4.79 Å². The minimum absolute atomic E-state index is 0.0158. The molecule has 0 radical (unpaired) electrons. The fourth-order valence-corrected chi connectivity index (χ4v) is 2.04. The average Bonchev–Trinajstić information content (AvgIpc) is 2.66. The van der Waals surface area contributed by atoms with Crippen LogP contribution < -0.4 is 5.32 Å². The molecule has 0 aromatic carbocycles. The SMILES string of the molecule is CC(C)Nc1cccc(C(=O)N2CCCOCC2)n1. The van der Waals surface area contributed by atoms with Gasteiger partial charge < -0.3 is 15.0 Å². The third-order valence-electron chi connectivity index (χ3n) is 2.91. The Kier molecular flexibility index (Phi) is 4.74. The minimum atomic E-state index is -0.0158. The molecule has 1 N–H and O–H groups in total. The number of carbonyl (C=O) groups excluding carboxylic acids is 1. The van der Waals surface area contributed by atoms with Crippen LogP contribution in [0.25, 0.3) is 0 Å². The summed E-state index contributed by atoms with van der Waals surface area (Å²) < 4.78 is 5.36. The number of pyridine rings is 1. The Morgan fingerprint density at radius 3 is 3.00 bits per heavy atom. The van der Waals surface area contributed by atoms with Gasteiger partial charge in [0.15, 0.2) is 0 Å². The zero-order valence-corrected chi connectivity index (χ0v) is 11.6. The monoisotopic (exact) mass is 263 g/mol. The van der Waals surface area contributed by atoms with Crippen molar-refractivity contribution >= 4 is 11.7 Å². The molecule has 104 valence electrons. The van der Waals surface area contributed by atoms with Crippen molar-refractivity contribution in [1.82, 2.24) is 9.88 Å². The number of anilines is 1. The van der Waals surface area contributed by atoms with E-state index in [2.05, 4.69) is 10.3 Å². The average molecular weight is 263 g/mol. The molecule has 0 spiro atoms. The van der Waals surface area contributed by atoms with Crippen LogP contribution in [0.5, 0.6) is 0 Å². The zero-order valence-electron chi connectivity index (χ0n) is 11.6. The van der Waals surface area contributed by atoms with Crippen molar-refractivity contribution in [3.63, 3.8) is 0 Å². The van der Waals surface area contributed by atoms with Gasteiger partial charge in [0.25, 0.3) is 5.91 Å². The molecule has 0 bridgehead atoms. The van der Waals surface area contributed by atoms with Gasteiger partial charge in [-0.2, -0.15) is 0 Å². The molecule has 0 atom stereocenters. The highest BCUT2D eigenvalue weighted by Gasteiger charge is 2.18. The van der Waals surface area contributed by atoms with Gasteiger partial charge in [-0.1, -0.05) is 6.07 Å². The van der Waals surface area contributed by atoms with Crippen LogP contribution in [0.4, 0.5) is 5.82 Å². The Hall–Kier alpha value is -1.62. The van der Waals surface area contributed by atoms with Crippen LogP contribution in [0.3, 0.4) is 0 Å². The Morgan fingerprint density at radius 1 is 1.37 bits per heavy atom. The number of nitrogens with one attached hydrogen (secondary N) is 1. The topological polar surface area (TPSA) is 54.5 Å². The first-order chi connectivity index (χ1) is 9.16. The molecular weight excluding hydrogens is 242 g/mol. The Balaban J connectivity index is 2.09. The maximum absolute atomic E-state index is 12.4. The van der Waals surface area contributed by atoms with Crippen molar-refractivity contribution in [2.24, 2.45) is 0 Å². The van der Waals surface area contributed by atoms with E-state index in [1.165, 1.54) is 0 Å². The van der Waals surface area contributed by atoms with Crippen LogP contribution in [0.15, 0.2) is 18.2 Å². The molecule has 0 aliphatic carbocycles. The lowest BCUT2D eigenvalue weighted by Gasteiger charge is -2.19. The molecule has 19 heavy (non-hydrogen) atoms. The number of nitrogens with zero attached hydrogens (tertiary/aromatic N) is 2. The van der Waals surface area contributed by atoms with E-state index in [-0.39, 0.29) is 5.91 Å². The molecular formula is C14H21N3O2. The van der Waals surface area contributed by atoms with Crippen molar-refractivity contribution in [3.05, 3.63) is 23.9 Å². The van der Waals surface area contributed by atoms with E-state index in [0.29, 0.717) is 24.9 Å². The second kappa shape index (κ2) is 6.52. The maximum Gasteiger partial charge on any atom is 0.272 e. The molecule has 2 heterocycles. The number of hydrogen-bond donors (Lipinski definition) is 1. The smallest absolute Gasteiger partial charge is 0.272 e. The first-order valence-corrected chi connectivity index (χ1v) is 6.77. The van der Waals surface area contributed by atoms with Crippen LogP contribution in [-0.4, -0.2) is 48.1 Å². The van der Waals surface area contributed by atoms with Crippen LogP contribution in [0, 0.1) is 0 Å². The highest BCUT2D eigenvalue weighted by atomic mass is 16.5. The van der Waals surface area contributed by atoms with Crippen molar-refractivity contribution in [2.45, 2.75) is 26.3 Å². The molecule has 1 amide bonds. The van der Waals surface area contributed by atoms with Gasteiger partial charge in [-0.15, -0.1) is 0 Å². The summed E-state index contributed by atoms with van der Waals surface area (Å²) in [6.07, 6.45) is 0.885. The largest absolute Gasteiger partial charge is 0.380 e. The summed E-state index contributed by atoms with van der Waals surface area (Å²) in [5.41, 5.74) is 0.493. The van der Waals surface area contributed by atoms with Crippen LogP contribution in [-0.2, 0) is 4.74 Å². The number of rotatable bonds is 3. The van der Waals surface area contributed by atoms with E-state index in [4.69, 9.17) is 4.74 Å². The molecule has 1 saturated heterocycles. The lowest BCUT2D eigenvalue weighted by molar-refractivity contribution is 0.0735. The summed E-state index contributed by atoms with van der Waals surface area (Å²) >= 11 is 0. The van der Waals surface area contributed by atoms with Crippen LogP contribution in [0.2, 0.25) is 0 Å². The third-order valence-corrected chi connectivity index (χ3v) is 2.91. The quantitative estimate of drug-likeness (QED) is 0.903. The fourth-order valence-electron chi connectivity index (χ4n) is 2.04. The van der Waals surface area contributed by atoms with Gasteiger partial charge in [-0.25, -0.2) is 4.98 Å². The van der Waals surface area contributed by atoms with E-state index in [1.807, 2.05) is 30.9 Å². The third kappa shape index (κ3) is 3.92. The molecule has 1 aromatic heterocycles. The van der Waals surface area contributed by atoms with E-state index >= 15 is 0 Å². The van der Waals surface area contributed by atoms with Gasteiger partial charge in [0.05, 0.1) is 6.61 Å². The van der Waals surface area contributed by atoms with E-state index in [1.54, 1.807) is 6.07 Å². The Labute approximate surface area is 114 Å². The summed E-state index contributed by atoms with van der Waals surface area (Å²) in [5.74, 6) is 0.727. The van der Waals surface area contributed by atoms with Gasteiger partial charge in [-0.05, 0) is 32.4 Å². The van der Waals surface area contributed by atoms with Gasteiger partial charge in [0, 0.05) is 25.7 Å². The second-order valence-corrected chi connectivity index (χ2v) is 4.97. The predicted octanol–water partition coefficient (Wildman–Crippen LogP) is 1.76. The lowest BCUT2D eigenvalue weighted by Crippen LogP contribution is -2.33. The summed E-state index contributed by atoms with van der Waals surface area (Å²) in [4.78, 5) is 18.6. The summed E-state index contributed by atoms with van der Waals surface area (Å²) in [5, 5.41) is 3.21. The molecule has 5 heteroatoms. The first kappa shape index (κ1) is 13.8. The van der Waals surface area contributed by atoms with Crippen LogP contribution in [0.1, 0.15) is 30.8 Å². The predicted molar refractivity (Wildman–Crippen MR) is 74.3 cm³/mol. The molecule has 1 fully saturated rings. The molecule has 0 unspecified atom stereocenters. The van der Waals surface area contributed by atoms with Crippen molar-refractivity contribution in [2.75, 3.05) is 31.6 Å². The van der Waals surface area contributed by atoms with Crippen molar-refractivity contribution < 1.29 is 9.53 Å². The minimum Gasteiger partial charge on any atom is -0.380 e. The van der Waals surface area contributed by atoms with Crippen molar-refractivity contribution in [1.29, 1.82) is 0 Å². The summed E-state index contributed by atoms with van der Waals surface area (Å²) in [7, 11) is 0. The summed E-state index contributed by atoms with van der Waals surface area (Å²) in [6, 6.07) is 5.80.